The Hall–Kier alpha value is -2.47. The average Bonchev–Trinajstić information content (AvgIpc) is 3.17. The molecule has 1 unspecified atom stereocenters. The fraction of sp³-hybridized carbons (Fsp3) is 0.278. The second-order valence-corrected chi connectivity index (χ2v) is 6.51. The number of anilines is 1. The summed E-state index contributed by atoms with van der Waals surface area (Å²) in [7, 11) is 1.66. The van der Waals surface area contributed by atoms with Gasteiger partial charge in [0.2, 0.25) is 5.95 Å². The molecule has 3 rings (SSSR count). The summed E-state index contributed by atoms with van der Waals surface area (Å²) in [6.45, 7) is 3.68. The Morgan fingerprint density at radius 3 is 2.67 bits per heavy atom. The average molecular weight is 340 g/mol. The molecule has 5 nitrogen and oxygen atoms in total. The molecule has 0 bridgehead atoms. The van der Waals surface area contributed by atoms with Gasteiger partial charge in [0.1, 0.15) is 5.75 Å². The number of hydrogen-bond donors (Lipinski definition) is 0. The summed E-state index contributed by atoms with van der Waals surface area (Å²) in [6, 6.07) is 9.88. The first-order valence-corrected chi connectivity index (χ1v) is 8.68. The third kappa shape index (κ3) is 4.08. The zero-order valence-corrected chi connectivity index (χ0v) is 14.6. The van der Waals surface area contributed by atoms with Crippen molar-refractivity contribution in [3.63, 3.8) is 0 Å². The van der Waals surface area contributed by atoms with E-state index in [2.05, 4.69) is 44.3 Å². The fourth-order valence-corrected chi connectivity index (χ4v) is 3.31. The molecule has 3 aromatic rings. The molecule has 24 heavy (non-hydrogen) atoms. The molecular formula is C18H20N4OS. The maximum Gasteiger partial charge on any atom is 0.225 e. The van der Waals surface area contributed by atoms with E-state index in [9.17, 15) is 0 Å². The number of hydrogen-bond acceptors (Lipinski definition) is 6. The first-order chi connectivity index (χ1) is 11.8. The number of thiophene rings is 1. The number of ether oxygens (including phenoxy) is 1. The van der Waals surface area contributed by atoms with Crippen molar-refractivity contribution in [3.05, 3.63) is 64.9 Å². The van der Waals surface area contributed by atoms with Crippen molar-refractivity contribution in [2.75, 3.05) is 18.6 Å². The minimum absolute atomic E-state index is 0.388. The summed E-state index contributed by atoms with van der Waals surface area (Å²) in [5.74, 6) is 1.91. The Kier molecular flexibility index (Phi) is 5.38. The predicted molar refractivity (Wildman–Crippen MR) is 96.6 cm³/mol. The summed E-state index contributed by atoms with van der Waals surface area (Å²) in [5, 5.41) is 2.11. The highest BCUT2D eigenvalue weighted by atomic mass is 32.1. The van der Waals surface area contributed by atoms with E-state index >= 15 is 0 Å². The van der Waals surface area contributed by atoms with E-state index in [1.165, 1.54) is 4.88 Å². The molecule has 0 saturated heterocycles. The molecule has 124 valence electrons. The van der Waals surface area contributed by atoms with Crippen LogP contribution in [-0.2, 0) is 6.54 Å². The van der Waals surface area contributed by atoms with Gasteiger partial charge >= 0.3 is 0 Å². The van der Waals surface area contributed by atoms with Gasteiger partial charge in [-0.1, -0.05) is 13.0 Å². The maximum absolute atomic E-state index is 5.29. The van der Waals surface area contributed by atoms with Crippen LogP contribution < -0.4 is 9.64 Å². The molecule has 0 aliphatic rings. The largest absolute Gasteiger partial charge is 0.497 e. The van der Waals surface area contributed by atoms with Crippen LogP contribution in [0.15, 0.2) is 54.3 Å². The van der Waals surface area contributed by atoms with Crippen molar-refractivity contribution in [2.45, 2.75) is 19.4 Å². The van der Waals surface area contributed by atoms with E-state index in [0.29, 0.717) is 18.4 Å². The zero-order chi connectivity index (χ0) is 16.8. The third-order valence-electron chi connectivity index (χ3n) is 3.73. The van der Waals surface area contributed by atoms with Crippen LogP contribution in [0.2, 0.25) is 0 Å². The van der Waals surface area contributed by atoms with Crippen molar-refractivity contribution in [3.8, 4) is 5.75 Å². The highest BCUT2D eigenvalue weighted by Gasteiger charge is 2.16. The van der Waals surface area contributed by atoms with Gasteiger partial charge in [0, 0.05) is 42.0 Å². The number of methoxy groups -OCH3 is 1. The van der Waals surface area contributed by atoms with Gasteiger partial charge in [0.05, 0.1) is 19.3 Å². The molecule has 0 saturated carbocycles. The lowest BCUT2D eigenvalue weighted by molar-refractivity contribution is 0.413. The van der Waals surface area contributed by atoms with E-state index in [4.69, 9.17) is 4.74 Å². The fourth-order valence-electron chi connectivity index (χ4n) is 2.53. The minimum atomic E-state index is 0.388. The van der Waals surface area contributed by atoms with E-state index < -0.39 is 0 Å². The molecule has 3 aromatic heterocycles. The number of pyridine rings is 1. The van der Waals surface area contributed by atoms with Crippen LogP contribution in [0.3, 0.4) is 0 Å². The number of rotatable bonds is 7. The maximum atomic E-state index is 5.29. The SMILES string of the molecule is COc1ccnc(CN(CC(C)c2cccs2)c2ncccn2)c1. The molecule has 0 amide bonds. The molecule has 0 radical (unpaired) electrons. The van der Waals surface area contributed by atoms with Gasteiger partial charge < -0.3 is 9.64 Å². The van der Waals surface area contributed by atoms with Crippen molar-refractivity contribution in [2.24, 2.45) is 0 Å². The summed E-state index contributed by atoms with van der Waals surface area (Å²) < 4.78 is 5.29. The quantitative estimate of drug-likeness (QED) is 0.655. The Labute approximate surface area is 146 Å². The second-order valence-electron chi connectivity index (χ2n) is 5.53. The Balaban J connectivity index is 1.82. The Morgan fingerprint density at radius 2 is 1.96 bits per heavy atom. The monoisotopic (exact) mass is 340 g/mol. The van der Waals surface area contributed by atoms with Gasteiger partial charge in [-0.2, -0.15) is 0 Å². The molecule has 3 heterocycles. The van der Waals surface area contributed by atoms with Gasteiger partial charge in [-0.3, -0.25) is 4.98 Å². The highest BCUT2D eigenvalue weighted by molar-refractivity contribution is 7.10. The Morgan fingerprint density at radius 1 is 1.12 bits per heavy atom. The molecule has 0 aliphatic carbocycles. The van der Waals surface area contributed by atoms with Gasteiger partial charge in [0.15, 0.2) is 0 Å². The van der Waals surface area contributed by atoms with E-state index in [0.717, 1.165) is 18.0 Å². The van der Waals surface area contributed by atoms with Gasteiger partial charge in [0.25, 0.3) is 0 Å². The summed E-state index contributed by atoms with van der Waals surface area (Å²) >= 11 is 1.78. The second kappa shape index (κ2) is 7.88. The Bertz CT molecular complexity index is 749. The van der Waals surface area contributed by atoms with Crippen LogP contribution in [0.5, 0.6) is 5.75 Å². The lowest BCUT2D eigenvalue weighted by atomic mass is 10.1. The molecule has 6 heteroatoms. The molecule has 0 spiro atoms. The van der Waals surface area contributed by atoms with Gasteiger partial charge in [-0.05, 0) is 23.6 Å². The van der Waals surface area contributed by atoms with Crippen molar-refractivity contribution >= 4 is 17.3 Å². The first-order valence-electron chi connectivity index (χ1n) is 7.80. The molecule has 0 fully saturated rings. The summed E-state index contributed by atoms with van der Waals surface area (Å²) in [5.41, 5.74) is 0.931. The molecule has 0 aliphatic heterocycles. The van der Waals surface area contributed by atoms with Crippen LogP contribution >= 0.6 is 11.3 Å². The van der Waals surface area contributed by atoms with Crippen LogP contribution in [0, 0.1) is 0 Å². The summed E-state index contributed by atoms with van der Waals surface area (Å²) in [6.07, 6.45) is 5.30. The van der Waals surface area contributed by atoms with Gasteiger partial charge in [-0.25, -0.2) is 9.97 Å². The summed E-state index contributed by atoms with van der Waals surface area (Å²) in [4.78, 5) is 16.8. The van der Waals surface area contributed by atoms with Crippen LogP contribution in [0.1, 0.15) is 23.4 Å². The van der Waals surface area contributed by atoms with Crippen LogP contribution in [0.4, 0.5) is 5.95 Å². The molecule has 1 atom stereocenters. The third-order valence-corrected chi connectivity index (χ3v) is 4.84. The van der Waals surface area contributed by atoms with Crippen LogP contribution in [0.25, 0.3) is 0 Å². The normalized spacial score (nSPS) is 11.9. The number of aromatic nitrogens is 3. The lowest BCUT2D eigenvalue weighted by Gasteiger charge is -2.25. The minimum Gasteiger partial charge on any atom is -0.497 e. The van der Waals surface area contributed by atoms with Crippen molar-refractivity contribution in [1.82, 2.24) is 15.0 Å². The topological polar surface area (TPSA) is 51.1 Å². The first kappa shape index (κ1) is 16.4. The standard InChI is InChI=1S/C18H20N4OS/c1-14(17-5-3-10-24-17)12-22(18-20-7-4-8-21-18)13-15-11-16(23-2)6-9-19-15/h3-11,14H,12-13H2,1-2H3. The van der Waals surface area contributed by atoms with Crippen LogP contribution in [-0.4, -0.2) is 28.6 Å². The van der Waals surface area contributed by atoms with E-state index in [-0.39, 0.29) is 0 Å². The zero-order valence-electron chi connectivity index (χ0n) is 13.8. The smallest absolute Gasteiger partial charge is 0.225 e. The van der Waals surface area contributed by atoms with Crippen molar-refractivity contribution < 1.29 is 4.74 Å². The van der Waals surface area contributed by atoms with E-state index in [1.807, 2.05) is 18.2 Å². The van der Waals surface area contributed by atoms with E-state index in [1.54, 1.807) is 37.0 Å². The predicted octanol–water partition coefficient (Wildman–Crippen LogP) is 3.75. The molecular weight excluding hydrogens is 320 g/mol. The highest BCUT2D eigenvalue weighted by Crippen LogP contribution is 2.24. The van der Waals surface area contributed by atoms with Crippen molar-refractivity contribution in [1.29, 1.82) is 0 Å². The van der Waals surface area contributed by atoms with Gasteiger partial charge in [-0.15, -0.1) is 11.3 Å². The lowest BCUT2D eigenvalue weighted by Crippen LogP contribution is -2.29. The molecule has 0 N–H and O–H groups in total. The number of nitrogens with zero attached hydrogens (tertiary/aromatic N) is 4. The molecule has 0 aromatic carbocycles.